The van der Waals surface area contributed by atoms with E-state index in [1.54, 1.807) is 38.1 Å². The molecule has 1 unspecified atom stereocenters. The van der Waals surface area contributed by atoms with E-state index >= 15 is 0 Å². The number of alkyl halides is 5. The minimum atomic E-state index is -4.86. The molecule has 3 N–H and O–H groups in total. The zero-order valence-corrected chi connectivity index (χ0v) is 35.0. The average Bonchev–Trinajstić information content (AvgIpc) is 3.35. The van der Waals surface area contributed by atoms with Crippen molar-refractivity contribution in [2.24, 2.45) is 0 Å². The zero-order valence-electron chi connectivity index (χ0n) is 33.4. The summed E-state index contributed by atoms with van der Waals surface area (Å²) in [6, 6.07) is 13.3. The topological polar surface area (TPSA) is 150 Å². The Kier molecular flexibility index (Phi) is 13.7. The van der Waals surface area contributed by atoms with E-state index in [4.69, 9.17) is 16.3 Å². The maximum atomic E-state index is 13.9. The molecule has 3 aliphatic heterocycles. The lowest BCUT2D eigenvalue weighted by atomic mass is 10.0. The Bertz CT molecular complexity index is 2230. The minimum absolute atomic E-state index is 0.0260. The second kappa shape index (κ2) is 18.4. The summed E-state index contributed by atoms with van der Waals surface area (Å²) in [5, 5.41) is 17.8. The predicted molar refractivity (Wildman–Crippen MR) is 222 cm³/mol. The summed E-state index contributed by atoms with van der Waals surface area (Å²) in [5.74, 6) is -1.41. The minimum Gasteiger partial charge on any atom is -0.492 e. The van der Waals surface area contributed by atoms with Crippen LogP contribution in [0.15, 0.2) is 54.6 Å². The van der Waals surface area contributed by atoms with Gasteiger partial charge in [-0.15, -0.1) is 12.6 Å². The Morgan fingerprint density at radius 3 is 2.46 bits per heavy atom. The molecule has 0 radical (unpaired) electrons. The first-order valence-electron chi connectivity index (χ1n) is 19.4. The Balaban J connectivity index is 1.05. The van der Waals surface area contributed by atoms with Crippen molar-refractivity contribution in [1.82, 2.24) is 15.1 Å². The highest BCUT2D eigenvalue weighted by atomic mass is 35.5. The summed E-state index contributed by atoms with van der Waals surface area (Å²) in [5.41, 5.74) is -3.00. The molecule has 0 aromatic heterocycles. The molecule has 3 heterocycles. The highest BCUT2D eigenvalue weighted by molar-refractivity contribution is 7.81. The number of rotatable bonds is 13. The van der Waals surface area contributed by atoms with Gasteiger partial charge in [0.1, 0.15) is 23.9 Å². The first kappa shape index (κ1) is 45.4. The van der Waals surface area contributed by atoms with Gasteiger partial charge < -0.3 is 20.3 Å². The molecule has 0 saturated carbocycles. The number of halogens is 6. The number of piperidine rings is 1. The SMILES string of the molecule is C[C@@H]1CN(CCOc2ccc(N3[C@@H](S)N(c4ccc(C#N)c(C(F)(F)F)c4)C(=O)C3(C)C)cc2CC(F)F)CCN1CC(=O)Nc1cc(Cl)cc(NC2CCC(=O)NC2=O)c1. The molecule has 0 aliphatic carbocycles. The van der Waals surface area contributed by atoms with E-state index in [1.807, 2.05) is 11.8 Å². The molecule has 3 atom stereocenters. The molecule has 6 rings (SSSR count). The second-order valence-electron chi connectivity index (χ2n) is 15.6. The first-order chi connectivity index (χ1) is 28.7. The molecular weight excluding hydrogens is 847 g/mol. The van der Waals surface area contributed by atoms with Gasteiger partial charge in [-0.3, -0.25) is 39.2 Å². The Morgan fingerprint density at radius 2 is 1.79 bits per heavy atom. The van der Waals surface area contributed by atoms with Gasteiger partial charge in [0.15, 0.2) is 5.50 Å². The van der Waals surface area contributed by atoms with Crippen molar-refractivity contribution in [3.05, 3.63) is 76.3 Å². The number of nitrogens with one attached hydrogen (secondary N) is 3. The van der Waals surface area contributed by atoms with E-state index in [9.17, 15) is 46.4 Å². The van der Waals surface area contributed by atoms with Crippen molar-refractivity contribution in [3.63, 3.8) is 0 Å². The second-order valence-corrected chi connectivity index (χ2v) is 16.5. The van der Waals surface area contributed by atoms with Gasteiger partial charge in [0, 0.05) is 78.4 Å². The summed E-state index contributed by atoms with van der Waals surface area (Å²) in [4.78, 5) is 57.3. The summed E-state index contributed by atoms with van der Waals surface area (Å²) < 4.78 is 75.2. The third-order valence-electron chi connectivity index (χ3n) is 10.8. The van der Waals surface area contributed by atoms with Crippen LogP contribution in [-0.2, 0) is 31.8 Å². The third kappa shape index (κ3) is 10.5. The van der Waals surface area contributed by atoms with Crippen LogP contribution in [0.25, 0.3) is 0 Å². The third-order valence-corrected chi connectivity index (χ3v) is 11.5. The molecule has 4 amide bonds. The Morgan fingerprint density at radius 1 is 1.07 bits per heavy atom. The van der Waals surface area contributed by atoms with E-state index in [1.165, 1.54) is 29.2 Å². The van der Waals surface area contributed by atoms with E-state index in [-0.39, 0.29) is 54.4 Å². The van der Waals surface area contributed by atoms with Crippen LogP contribution in [0.1, 0.15) is 50.3 Å². The van der Waals surface area contributed by atoms with Gasteiger partial charge in [-0.2, -0.15) is 18.4 Å². The Labute approximate surface area is 359 Å². The molecule has 13 nitrogen and oxygen atoms in total. The van der Waals surface area contributed by atoms with Gasteiger partial charge in [0.2, 0.25) is 24.1 Å². The number of benzene rings is 3. The molecule has 20 heteroatoms. The monoisotopic (exact) mass is 890 g/mol. The number of hydrogen-bond acceptors (Lipinski definition) is 11. The summed E-state index contributed by atoms with van der Waals surface area (Å²) in [6.45, 7) is 7.56. The van der Waals surface area contributed by atoms with Crippen LogP contribution in [0, 0.1) is 11.3 Å². The van der Waals surface area contributed by atoms with Crippen molar-refractivity contribution in [1.29, 1.82) is 5.26 Å². The number of ether oxygens (including phenoxy) is 1. The normalized spacial score (nSPS) is 21.1. The van der Waals surface area contributed by atoms with Gasteiger partial charge in [-0.05, 0) is 81.8 Å². The Hall–Kier alpha value is -5.16. The lowest BCUT2D eigenvalue weighted by Crippen LogP contribution is -2.54. The number of amides is 4. The molecule has 0 spiro atoms. The number of hydrogen-bond donors (Lipinski definition) is 4. The lowest BCUT2D eigenvalue weighted by molar-refractivity contribution is -0.138. The zero-order chi connectivity index (χ0) is 44.4. The fourth-order valence-electron chi connectivity index (χ4n) is 7.77. The van der Waals surface area contributed by atoms with Crippen LogP contribution in [-0.4, -0.2) is 102 Å². The molecule has 0 bridgehead atoms. The predicted octanol–water partition coefficient (Wildman–Crippen LogP) is 6.12. The molecule has 3 fully saturated rings. The number of carbonyl (C=O) groups excluding carboxylic acids is 4. The van der Waals surface area contributed by atoms with Crippen LogP contribution in [0.2, 0.25) is 5.02 Å². The fraction of sp³-hybridized carbons (Fsp3) is 0.439. The quantitative estimate of drug-likeness (QED) is 0.0898. The molecule has 61 heavy (non-hydrogen) atoms. The summed E-state index contributed by atoms with van der Waals surface area (Å²) in [7, 11) is 0. The molecule has 3 aliphatic rings. The summed E-state index contributed by atoms with van der Waals surface area (Å²) in [6.07, 6.45) is -7.73. The number of anilines is 4. The van der Waals surface area contributed by atoms with E-state index in [2.05, 4.69) is 33.5 Å². The van der Waals surface area contributed by atoms with Crippen molar-refractivity contribution in [3.8, 4) is 11.8 Å². The number of nitrogens with zero attached hydrogens (tertiary/aromatic N) is 5. The lowest BCUT2D eigenvalue weighted by Gasteiger charge is -2.39. The van der Waals surface area contributed by atoms with Gasteiger partial charge in [0.05, 0.1) is 23.7 Å². The first-order valence-corrected chi connectivity index (χ1v) is 20.3. The molecule has 326 valence electrons. The molecule has 3 aromatic rings. The van der Waals surface area contributed by atoms with Crippen LogP contribution in [0.5, 0.6) is 5.75 Å². The summed E-state index contributed by atoms with van der Waals surface area (Å²) >= 11 is 10.9. The number of carbonyl (C=O) groups is 4. The highest BCUT2D eigenvalue weighted by Gasteiger charge is 2.52. The maximum absolute atomic E-state index is 13.9. The van der Waals surface area contributed by atoms with Crippen LogP contribution >= 0.6 is 24.2 Å². The standard InChI is InChI=1S/C41H44ClF5N8O5S/c1-23-21-52(10-11-53(23)22-36(57)50-28-17-26(42)16-27(18-28)49-32-7-9-35(56)51-37(32)58)12-13-60-33-8-6-30(14-25(33)15-34(43)44)55-39(61)54(38(59)40(55,2)3)29-5-4-24(20-48)31(19-29)41(45,46)47/h4-6,8,14,16-19,23,32,34,39,49,61H,7,9-13,15,21-22H2,1-3H3,(H,50,57)(H,51,56,58)/t23-,32?,39+/m1/s1. The van der Waals surface area contributed by atoms with Crippen molar-refractivity contribution >= 4 is 70.6 Å². The highest BCUT2D eigenvalue weighted by Crippen LogP contribution is 2.43. The van der Waals surface area contributed by atoms with Crippen molar-refractivity contribution < 1.29 is 45.9 Å². The molecular formula is C41H44ClF5N8O5S. The number of nitriles is 1. The maximum Gasteiger partial charge on any atom is 0.417 e. The van der Waals surface area contributed by atoms with Crippen LogP contribution in [0.3, 0.4) is 0 Å². The largest absolute Gasteiger partial charge is 0.492 e. The molecule has 3 aromatic carbocycles. The number of imide groups is 1. The van der Waals surface area contributed by atoms with Crippen LogP contribution < -0.4 is 30.5 Å². The molecule has 3 saturated heterocycles. The van der Waals surface area contributed by atoms with E-state index in [0.29, 0.717) is 54.7 Å². The van der Waals surface area contributed by atoms with E-state index in [0.717, 1.165) is 17.0 Å². The van der Waals surface area contributed by atoms with Crippen molar-refractivity contribution in [2.45, 2.75) is 75.8 Å². The van der Waals surface area contributed by atoms with Gasteiger partial charge in [0.25, 0.3) is 5.91 Å². The van der Waals surface area contributed by atoms with Gasteiger partial charge in [-0.1, -0.05) is 11.6 Å². The average molecular weight is 891 g/mol. The smallest absolute Gasteiger partial charge is 0.417 e. The van der Waals surface area contributed by atoms with Crippen LogP contribution in [0.4, 0.5) is 44.7 Å². The fourth-order valence-corrected chi connectivity index (χ4v) is 8.66. The van der Waals surface area contributed by atoms with Crippen molar-refractivity contribution in [2.75, 3.05) is 59.8 Å². The number of thiol groups is 1. The van der Waals surface area contributed by atoms with Gasteiger partial charge in [-0.25, -0.2) is 8.78 Å². The van der Waals surface area contributed by atoms with Gasteiger partial charge >= 0.3 is 6.18 Å². The number of piperazine rings is 1. The van der Waals surface area contributed by atoms with E-state index < -0.39 is 59.0 Å².